The third-order valence-corrected chi connectivity index (χ3v) is 3.92. The van der Waals surface area contributed by atoms with Gasteiger partial charge in [0.2, 0.25) is 0 Å². The van der Waals surface area contributed by atoms with E-state index in [0.29, 0.717) is 24.0 Å². The van der Waals surface area contributed by atoms with Gasteiger partial charge in [-0.05, 0) is 37.1 Å². The topological polar surface area (TPSA) is 51.2 Å². The molecule has 0 aliphatic heterocycles. The molecular formula is C18H20N2O2. The predicted octanol–water partition coefficient (Wildman–Crippen LogP) is 3.33. The number of nitrogens with zero attached hydrogens (tertiary/aromatic N) is 1. The zero-order valence-corrected chi connectivity index (χ0v) is 12.5. The molecule has 0 spiro atoms. The molecule has 1 N–H and O–H groups in total. The second kappa shape index (κ2) is 7.07. The Morgan fingerprint density at radius 2 is 1.91 bits per heavy atom. The molecule has 1 aromatic carbocycles. The number of nitrogens with one attached hydrogen (secondary N) is 1. The number of carbonyl (C=O) groups excluding carboxylic acids is 1. The highest BCUT2D eigenvalue weighted by Crippen LogP contribution is 2.22. The van der Waals surface area contributed by atoms with Gasteiger partial charge < -0.3 is 10.1 Å². The van der Waals surface area contributed by atoms with Crippen LogP contribution in [0.4, 0.5) is 0 Å². The van der Waals surface area contributed by atoms with Gasteiger partial charge in [0.1, 0.15) is 12.4 Å². The molecular weight excluding hydrogens is 276 g/mol. The largest absolute Gasteiger partial charge is 0.486 e. The van der Waals surface area contributed by atoms with Crippen molar-refractivity contribution in [3.63, 3.8) is 0 Å². The van der Waals surface area contributed by atoms with E-state index in [9.17, 15) is 4.79 Å². The van der Waals surface area contributed by atoms with Crippen LogP contribution in [0.1, 0.15) is 41.7 Å². The smallest absolute Gasteiger partial charge is 0.255 e. The first-order valence-electron chi connectivity index (χ1n) is 7.75. The van der Waals surface area contributed by atoms with E-state index in [2.05, 4.69) is 10.3 Å². The molecule has 0 bridgehead atoms. The average Bonchev–Trinajstić information content (AvgIpc) is 3.07. The predicted molar refractivity (Wildman–Crippen MR) is 84.7 cm³/mol. The zero-order valence-electron chi connectivity index (χ0n) is 12.5. The van der Waals surface area contributed by atoms with Crippen molar-refractivity contribution >= 4 is 5.91 Å². The van der Waals surface area contributed by atoms with Gasteiger partial charge in [-0.25, -0.2) is 0 Å². The molecule has 0 saturated heterocycles. The molecule has 4 heteroatoms. The average molecular weight is 296 g/mol. The zero-order chi connectivity index (χ0) is 15.2. The van der Waals surface area contributed by atoms with E-state index in [0.717, 1.165) is 18.5 Å². The maximum atomic E-state index is 12.4. The SMILES string of the molecule is O=C(NC1CCCC1)c1ccccc1OCc1ccccn1. The summed E-state index contributed by atoms with van der Waals surface area (Å²) in [7, 11) is 0. The van der Waals surface area contributed by atoms with Crippen LogP contribution in [-0.4, -0.2) is 16.9 Å². The minimum absolute atomic E-state index is 0.0523. The lowest BCUT2D eigenvalue weighted by molar-refractivity contribution is 0.0933. The lowest BCUT2D eigenvalue weighted by Gasteiger charge is -2.14. The molecule has 1 amide bonds. The van der Waals surface area contributed by atoms with Crippen molar-refractivity contribution in [2.75, 3.05) is 0 Å². The Balaban J connectivity index is 1.67. The summed E-state index contributed by atoms with van der Waals surface area (Å²) in [5, 5.41) is 3.10. The molecule has 1 aliphatic rings. The van der Waals surface area contributed by atoms with Crippen LogP contribution >= 0.6 is 0 Å². The highest BCUT2D eigenvalue weighted by molar-refractivity contribution is 5.97. The van der Waals surface area contributed by atoms with Crippen molar-refractivity contribution in [3.8, 4) is 5.75 Å². The number of rotatable bonds is 5. The minimum Gasteiger partial charge on any atom is -0.486 e. The maximum Gasteiger partial charge on any atom is 0.255 e. The van der Waals surface area contributed by atoms with Crippen molar-refractivity contribution < 1.29 is 9.53 Å². The molecule has 4 nitrogen and oxygen atoms in total. The van der Waals surface area contributed by atoms with Gasteiger partial charge in [-0.15, -0.1) is 0 Å². The van der Waals surface area contributed by atoms with Crippen molar-refractivity contribution in [2.24, 2.45) is 0 Å². The van der Waals surface area contributed by atoms with E-state index >= 15 is 0 Å². The summed E-state index contributed by atoms with van der Waals surface area (Å²) >= 11 is 0. The van der Waals surface area contributed by atoms with Gasteiger partial charge in [0.25, 0.3) is 5.91 Å². The molecule has 22 heavy (non-hydrogen) atoms. The fraction of sp³-hybridized carbons (Fsp3) is 0.333. The second-order valence-electron chi connectivity index (χ2n) is 5.56. The van der Waals surface area contributed by atoms with E-state index in [1.165, 1.54) is 12.8 Å². The summed E-state index contributed by atoms with van der Waals surface area (Å²) in [6, 6.07) is 13.4. The molecule has 1 aromatic heterocycles. The number of pyridine rings is 1. The van der Waals surface area contributed by atoms with Gasteiger partial charge in [-0.2, -0.15) is 0 Å². The normalized spacial score (nSPS) is 14.7. The summed E-state index contributed by atoms with van der Waals surface area (Å²) in [4.78, 5) is 16.7. The Morgan fingerprint density at radius 1 is 1.14 bits per heavy atom. The molecule has 1 heterocycles. The Kier molecular flexibility index (Phi) is 4.68. The Labute approximate surface area is 130 Å². The molecule has 1 saturated carbocycles. The number of hydrogen-bond acceptors (Lipinski definition) is 3. The first kappa shape index (κ1) is 14.6. The van der Waals surface area contributed by atoms with Crippen LogP contribution in [0.15, 0.2) is 48.7 Å². The van der Waals surface area contributed by atoms with Crippen molar-refractivity contribution in [3.05, 3.63) is 59.9 Å². The van der Waals surface area contributed by atoms with E-state index in [1.807, 2.05) is 36.4 Å². The Bertz CT molecular complexity index is 622. The van der Waals surface area contributed by atoms with E-state index in [1.54, 1.807) is 12.3 Å². The lowest BCUT2D eigenvalue weighted by Crippen LogP contribution is -2.32. The first-order chi connectivity index (χ1) is 10.8. The highest BCUT2D eigenvalue weighted by atomic mass is 16.5. The van der Waals surface area contributed by atoms with Crippen LogP contribution in [0.2, 0.25) is 0 Å². The van der Waals surface area contributed by atoms with Crippen LogP contribution < -0.4 is 10.1 Å². The number of hydrogen-bond donors (Lipinski definition) is 1. The van der Waals surface area contributed by atoms with Crippen LogP contribution in [0.25, 0.3) is 0 Å². The van der Waals surface area contributed by atoms with Gasteiger partial charge in [0.15, 0.2) is 0 Å². The third kappa shape index (κ3) is 3.64. The molecule has 3 rings (SSSR count). The lowest BCUT2D eigenvalue weighted by atomic mass is 10.1. The minimum atomic E-state index is -0.0523. The molecule has 0 unspecified atom stereocenters. The number of ether oxygens (including phenoxy) is 1. The number of amides is 1. The summed E-state index contributed by atoms with van der Waals surface area (Å²) in [5.74, 6) is 0.548. The highest BCUT2D eigenvalue weighted by Gasteiger charge is 2.19. The van der Waals surface area contributed by atoms with Crippen LogP contribution in [0.3, 0.4) is 0 Å². The summed E-state index contributed by atoms with van der Waals surface area (Å²) < 4.78 is 5.79. The van der Waals surface area contributed by atoms with Gasteiger partial charge in [-0.1, -0.05) is 31.0 Å². The van der Waals surface area contributed by atoms with Crippen LogP contribution in [0, 0.1) is 0 Å². The Hall–Kier alpha value is -2.36. The molecule has 1 fully saturated rings. The Morgan fingerprint density at radius 3 is 2.68 bits per heavy atom. The van der Waals surface area contributed by atoms with Gasteiger partial charge >= 0.3 is 0 Å². The van der Waals surface area contributed by atoms with Crippen LogP contribution in [0.5, 0.6) is 5.75 Å². The fourth-order valence-corrected chi connectivity index (χ4v) is 2.75. The van der Waals surface area contributed by atoms with E-state index in [-0.39, 0.29) is 5.91 Å². The number of para-hydroxylation sites is 1. The van der Waals surface area contributed by atoms with Crippen molar-refractivity contribution in [1.29, 1.82) is 0 Å². The van der Waals surface area contributed by atoms with Gasteiger partial charge in [-0.3, -0.25) is 9.78 Å². The molecule has 0 atom stereocenters. The molecule has 1 aliphatic carbocycles. The molecule has 2 aromatic rings. The quantitative estimate of drug-likeness (QED) is 0.920. The third-order valence-electron chi connectivity index (χ3n) is 3.92. The summed E-state index contributed by atoms with van der Waals surface area (Å²) in [6.45, 7) is 0.356. The van der Waals surface area contributed by atoms with E-state index < -0.39 is 0 Å². The standard InChI is InChI=1S/C18H20N2O2/c21-18(20-14-7-1-2-8-14)16-10-3-4-11-17(16)22-13-15-9-5-6-12-19-15/h3-6,9-12,14H,1-2,7-8,13H2,(H,20,21). The number of aromatic nitrogens is 1. The van der Waals surface area contributed by atoms with E-state index in [4.69, 9.17) is 4.74 Å². The van der Waals surface area contributed by atoms with Crippen LogP contribution in [-0.2, 0) is 6.61 Å². The van der Waals surface area contributed by atoms with Gasteiger partial charge in [0, 0.05) is 12.2 Å². The number of benzene rings is 1. The van der Waals surface area contributed by atoms with Crippen molar-refractivity contribution in [1.82, 2.24) is 10.3 Å². The first-order valence-corrected chi connectivity index (χ1v) is 7.75. The fourth-order valence-electron chi connectivity index (χ4n) is 2.75. The van der Waals surface area contributed by atoms with Gasteiger partial charge in [0.05, 0.1) is 11.3 Å². The molecule has 114 valence electrons. The summed E-state index contributed by atoms with van der Waals surface area (Å²) in [5.41, 5.74) is 1.43. The second-order valence-corrected chi connectivity index (χ2v) is 5.56. The maximum absolute atomic E-state index is 12.4. The number of carbonyl (C=O) groups is 1. The monoisotopic (exact) mass is 296 g/mol. The molecule has 0 radical (unpaired) electrons. The summed E-state index contributed by atoms with van der Waals surface area (Å²) in [6.07, 6.45) is 6.27. The van der Waals surface area contributed by atoms with Crippen molar-refractivity contribution in [2.45, 2.75) is 38.3 Å².